The highest BCUT2D eigenvalue weighted by atomic mass is 19.3. The Balaban J connectivity index is 1.85. The maximum atomic E-state index is 12.9. The summed E-state index contributed by atoms with van der Waals surface area (Å²) in [4.78, 5) is 29.9. The van der Waals surface area contributed by atoms with E-state index in [1.807, 2.05) is 30.3 Å². The second-order valence-electron chi connectivity index (χ2n) is 7.25. The number of hydrogen-bond acceptors (Lipinski definition) is 4. The minimum absolute atomic E-state index is 0.0259. The molecule has 0 radical (unpaired) electrons. The van der Waals surface area contributed by atoms with Gasteiger partial charge in [-0.3, -0.25) is 22.9 Å². The molecule has 162 valence electrons. The van der Waals surface area contributed by atoms with Crippen molar-refractivity contribution in [3.63, 3.8) is 0 Å². The van der Waals surface area contributed by atoms with Crippen LogP contribution in [0.1, 0.15) is 0 Å². The van der Waals surface area contributed by atoms with Crippen LogP contribution in [0.4, 0.5) is 8.78 Å². The number of benzene rings is 2. The van der Waals surface area contributed by atoms with E-state index >= 15 is 0 Å². The predicted molar refractivity (Wildman–Crippen MR) is 115 cm³/mol. The van der Waals surface area contributed by atoms with Gasteiger partial charge in [0.15, 0.2) is 11.2 Å². The molecule has 0 fully saturated rings. The van der Waals surface area contributed by atoms with Crippen molar-refractivity contribution >= 4 is 16.9 Å². The number of rotatable bonds is 4. The van der Waals surface area contributed by atoms with Crippen LogP contribution in [0.25, 0.3) is 33.9 Å². The SMILES string of the molecule is Cn1c(=O)c2c(nc3n(-c4ccc(OC(F)F)cc4)c(-c4ccccc4)cn23)n(C)c1=O. The summed E-state index contributed by atoms with van der Waals surface area (Å²) in [7, 11) is 2.97. The first-order chi connectivity index (χ1) is 15.4. The Morgan fingerprint density at radius 3 is 2.28 bits per heavy atom. The molecule has 0 aliphatic carbocycles. The van der Waals surface area contributed by atoms with Gasteiger partial charge in [-0.05, 0) is 24.3 Å². The van der Waals surface area contributed by atoms with Gasteiger partial charge in [0.05, 0.1) is 5.69 Å². The lowest BCUT2D eigenvalue weighted by Gasteiger charge is -2.10. The highest BCUT2D eigenvalue weighted by Crippen LogP contribution is 2.29. The summed E-state index contributed by atoms with van der Waals surface area (Å²) in [6.45, 7) is -2.92. The van der Waals surface area contributed by atoms with Gasteiger partial charge in [0, 0.05) is 31.5 Å². The Labute approximate surface area is 179 Å². The fourth-order valence-electron chi connectivity index (χ4n) is 3.81. The third-order valence-electron chi connectivity index (χ3n) is 5.35. The number of alkyl halides is 2. The normalized spacial score (nSPS) is 11.7. The molecule has 0 bridgehead atoms. The van der Waals surface area contributed by atoms with Crippen molar-refractivity contribution in [2.24, 2.45) is 14.1 Å². The summed E-state index contributed by atoms with van der Waals surface area (Å²) in [5, 5.41) is 0. The molecule has 3 aromatic heterocycles. The monoisotopic (exact) mass is 437 g/mol. The van der Waals surface area contributed by atoms with Crippen LogP contribution in [0.15, 0.2) is 70.4 Å². The zero-order chi connectivity index (χ0) is 22.6. The number of aromatic nitrogens is 5. The fourth-order valence-corrected chi connectivity index (χ4v) is 3.81. The first-order valence-electron chi connectivity index (χ1n) is 9.67. The van der Waals surface area contributed by atoms with Crippen LogP contribution in [-0.4, -0.2) is 29.7 Å². The summed E-state index contributed by atoms with van der Waals surface area (Å²) >= 11 is 0. The van der Waals surface area contributed by atoms with E-state index in [1.54, 1.807) is 34.3 Å². The second-order valence-corrected chi connectivity index (χ2v) is 7.25. The Hall–Kier alpha value is -4.21. The summed E-state index contributed by atoms with van der Waals surface area (Å²) in [5.41, 5.74) is 1.78. The largest absolute Gasteiger partial charge is 0.435 e. The molecule has 0 saturated heterocycles. The van der Waals surface area contributed by atoms with Gasteiger partial charge in [0.2, 0.25) is 5.78 Å². The number of hydrogen-bond donors (Lipinski definition) is 0. The zero-order valence-electron chi connectivity index (χ0n) is 17.1. The third-order valence-corrected chi connectivity index (χ3v) is 5.35. The van der Waals surface area contributed by atoms with Crippen molar-refractivity contribution in [2.75, 3.05) is 0 Å². The average Bonchev–Trinajstić information content (AvgIpc) is 3.33. The first kappa shape index (κ1) is 19.7. The molecule has 2 aromatic carbocycles. The van der Waals surface area contributed by atoms with Gasteiger partial charge in [-0.1, -0.05) is 30.3 Å². The van der Waals surface area contributed by atoms with E-state index in [2.05, 4.69) is 9.72 Å². The van der Waals surface area contributed by atoms with Crippen LogP contribution in [0, 0.1) is 0 Å². The molecule has 0 spiro atoms. The highest BCUT2D eigenvalue weighted by molar-refractivity contribution is 5.79. The lowest BCUT2D eigenvalue weighted by molar-refractivity contribution is -0.0498. The Morgan fingerprint density at radius 1 is 0.938 bits per heavy atom. The lowest BCUT2D eigenvalue weighted by Crippen LogP contribution is -2.37. The molecule has 0 aliphatic rings. The minimum Gasteiger partial charge on any atom is -0.435 e. The molecule has 0 unspecified atom stereocenters. The molecule has 0 atom stereocenters. The van der Waals surface area contributed by atoms with Crippen molar-refractivity contribution in [3.05, 3.63) is 81.6 Å². The number of aryl methyl sites for hydroxylation is 1. The van der Waals surface area contributed by atoms with E-state index in [9.17, 15) is 18.4 Å². The molecular weight excluding hydrogens is 420 g/mol. The zero-order valence-corrected chi connectivity index (χ0v) is 17.1. The number of halogens is 2. The maximum Gasteiger partial charge on any atom is 0.387 e. The molecule has 32 heavy (non-hydrogen) atoms. The van der Waals surface area contributed by atoms with Crippen LogP contribution >= 0.6 is 0 Å². The third kappa shape index (κ3) is 2.91. The standard InChI is InChI=1S/C22H17F2N5O3/c1-26-18-17(19(30)27(2)22(26)31)28-12-16(13-6-4-3-5-7-13)29(21(28)25-18)14-8-10-15(11-9-14)32-20(23)24/h3-12,20H,1-2H3. The van der Waals surface area contributed by atoms with Crippen molar-refractivity contribution < 1.29 is 13.5 Å². The van der Waals surface area contributed by atoms with Gasteiger partial charge in [-0.2, -0.15) is 13.8 Å². The van der Waals surface area contributed by atoms with Crippen LogP contribution < -0.4 is 16.0 Å². The lowest BCUT2D eigenvalue weighted by atomic mass is 10.1. The highest BCUT2D eigenvalue weighted by Gasteiger charge is 2.21. The fraction of sp³-hybridized carbons (Fsp3) is 0.136. The Morgan fingerprint density at radius 2 is 1.62 bits per heavy atom. The van der Waals surface area contributed by atoms with Crippen LogP contribution in [0.2, 0.25) is 0 Å². The number of nitrogens with zero attached hydrogens (tertiary/aromatic N) is 5. The minimum atomic E-state index is -2.92. The Kier molecular flexibility index (Phi) is 4.43. The molecule has 0 N–H and O–H groups in total. The van der Waals surface area contributed by atoms with Gasteiger partial charge in [-0.15, -0.1) is 0 Å². The van der Waals surface area contributed by atoms with Crippen molar-refractivity contribution in [2.45, 2.75) is 6.61 Å². The smallest absolute Gasteiger partial charge is 0.387 e. The van der Waals surface area contributed by atoms with Gasteiger partial charge in [0.25, 0.3) is 5.56 Å². The summed E-state index contributed by atoms with van der Waals surface area (Å²) in [5.74, 6) is 0.428. The van der Waals surface area contributed by atoms with Crippen LogP contribution in [0.5, 0.6) is 5.75 Å². The van der Waals surface area contributed by atoms with E-state index in [4.69, 9.17) is 0 Å². The van der Waals surface area contributed by atoms with Crippen LogP contribution in [0.3, 0.4) is 0 Å². The van der Waals surface area contributed by atoms with E-state index in [1.165, 1.54) is 23.7 Å². The van der Waals surface area contributed by atoms with E-state index < -0.39 is 17.9 Å². The van der Waals surface area contributed by atoms with Gasteiger partial charge >= 0.3 is 12.3 Å². The molecule has 8 nitrogen and oxygen atoms in total. The molecule has 3 heterocycles. The molecule has 0 amide bonds. The van der Waals surface area contributed by atoms with Crippen molar-refractivity contribution in [3.8, 4) is 22.7 Å². The number of imidazole rings is 2. The van der Waals surface area contributed by atoms with E-state index in [0.29, 0.717) is 11.5 Å². The van der Waals surface area contributed by atoms with E-state index in [0.717, 1.165) is 15.8 Å². The molecule has 5 aromatic rings. The van der Waals surface area contributed by atoms with E-state index in [-0.39, 0.29) is 16.9 Å². The number of ether oxygens (including phenoxy) is 1. The first-order valence-corrected chi connectivity index (χ1v) is 9.67. The molecule has 10 heteroatoms. The maximum absolute atomic E-state index is 12.9. The van der Waals surface area contributed by atoms with Crippen LogP contribution in [-0.2, 0) is 14.1 Å². The summed E-state index contributed by atoms with van der Waals surface area (Å²) in [6, 6.07) is 15.6. The Bertz CT molecular complexity index is 1580. The summed E-state index contributed by atoms with van der Waals surface area (Å²) < 4.78 is 35.3. The van der Waals surface area contributed by atoms with Gasteiger partial charge in [0.1, 0.15) is 5.75 Å². The summed E-state index contributed by atoms with van der Waals surface area (Å²) in [6.07, 6.45) is 1.77. The number of fused-ring (bicyclic) bond motifs is 3. The molecule has 5 rings (SSSR count). The van der Waals surface area contributed by atoms with Crippen molar-refractivity contribution in [1.29, 1.82) is 0 Å². The second kappa shape index (κ2) is 7.19. The average molecular weight is 437 g/mol. The van der Waals surface area contributed by atoms with Gasteiger partial charge < -0.3 is 4.74 Å². The quantitative estimate of drug-likeness (QED) is 0.433. The van der Waals surface area contributed by atoms with Gasteiger partial charge in [-0.25, -0.2) is 4.79 Å². The molecule has 0 saturated carbocycles. The predicted octanol–water partition coefficient (Wildman–Crippen LogP) is 2.94. The topological polar surface area (TPSA) is 75.5 Å². The molecular formula is C22H17F2N5O3. The van der Waals surface area contributed by atoms with Crippen molar-refractivity contribution in [1.82, 2.24) is 23.1 Å². The molecule has 0 aliphatic heterocycles.